The summed E-state index contributed by atoms with van der Waals surface area (Å²) < 4.78 is 121. The number of hydrogen-bond acceptors (Lipinski definition) is 9. The van der Waals surface area contributed by atoms with Gasteiger partial charge in [0.1, 0.15) is 19.8 Å². The van der Waals surface area contributed by atoms with Gasteiger partial charge in [0.25, 0.3) is 20.0 Å². The third-order valence-electron chi connectivity index (χ3n) is 4.07. The average Bonchev–Trinajstić information content (AvgIpc) is 2.84. The van der Waals surface area contributed by atoms with Gasteiger partial charge in [-0.25, -0.2) is 35.2 Å². The molecule has 0 saturated heterocycles. The van der Waals surface area contributed by atoms with Crippen molar-refractivity contribution in [2.45, 2.75) is 9.79 Å². The standard InChI is InChI=1S/C20H18F4N2O9S2/c1-2-13(27)33-9-8-25-20(28)35-11-10-34-18-14(21)16(23)19(17(24)15(18)22)37(31,32)26-36(29,30)12-6-4-3-5-7-12/h2-7,26H,1,8-11H2,(H,25,28). The fraction of sp³-hybridized carbons (Fsp3) is 0.200. The van der Waals surface area contributed by atoms with Crippen LogP contribution in [0.15, 0.2) is 52.8 Å². The number of sulfonamides is 2. The highest BCUT2D eigenvalue weighted by atomic mass is 32.3. The number of benzene rings is 2. The molecule has 11 nitrogen and oxygen atoms in total. The van der Waals surface area contributed by atoms with Gasteiger partial charge in [0.05, 0.1) is 11.4 Å². The molecule has 0 aromatic heterocycles. The van der Waals surface area contributed by atoms with Crippen LogP contribution in [-0.2, 0) is 34.3 Å². The lowest BCUT2D eigenvalue weighted by atomic mass is 10.3. The molecule has 202 valence electrons. The second-order valence-corrected chi connectivity index (χ2v) is 10.2. The first-order chi connectivity index (χ1) is 17.3. The number of alkyl carbamates (subject to hydrolysis) is 1. The van der Waals surface area contributed by atoms with E-state index < -0.39 is 84.1 Å². The minimum Gasteiger partial charge on any atom is -0.484 e. The summed E-state index contributed by atoms with van der Waals surface area (Å²) in [6.45, 7) is 1.25. The van der Waals surface area contributed by atoms with Crippen LogP contribution in [0.3, 0.4) is 0 Å². The second kappa shape index (κ2) is 12.5. The number of carbonyl (C=O) groups excluding carboxylic acids is 2. The van der Waals surface area contributed by atoms with Crippen molar-refractivity contribution in [3.63, 3.8) is 0 Å². The third-order valence-corrected chi connectivity index (χ3v) is 7.61. The molecule has 1 amide bonds. The Hall–Kier alpha value is -3.70. The Labute approximate surface area is 208 Å². The quantitative estimate of drug-likeness (QED) is 0.128. The van der Waals surface area contributed by atoms with Gasteiger partial charge in [0.2, 0.25) is 11.6 Å². The van der Waals surface area contributed by atoms with Gasteiger partial charge in [-0.3, -0.25) is 0 Å². The van der Waals surface area contributed by atoms with Crippen molar-refractivity contribution in [1.82, 2.24) is 9.44 Å². The summed E-state index contributed by atoms with van der Waals surface area (Å²) in [5, 5.41) is 2.14. The van der Waals surface area contributed by atoms with Crippen molar-refractivity contribution >= 4 is 32.1 Å². The molecule has 0 bridgehead atoms. The van der Waals surface area contributed by atoms with E-state index in [0.717, 1.165) is 22.3 Å². The summed E-state index contributed by atoms with van der Waals surface area (Å²) in [4.78, 5) is 19.4. The molecule has 2 N–H and O–H groups in total. The van der Waals surface area contributed by atoms with E-state index in [1.165, 1.54) is 18.2 Å². The molecule has 0 unspecified atom stereocenters. The number of rotatable bonds is 12. The topological polar surface area (TPSA) is 154 Å². The lowest BCUT2D eigenvalue weighted by Gasteiger charge is -2.14. The summed E-state index contributed by atoms with van der Waals surface area (Å²) in [5.41, 5.74) is 0. The molecule has 2 aromatic rings. The first-order valence-corrected chi connectivity index (χ1v) is 12.8. The van der Waals surface area contributed by atoms with Gasteiger partial charge in [0, 0.05) is 6.08 Å². The van der Waals surface area contributed by atoms with Crippen LogP contribution in [0, 0.1) is 23.3 Å². The van der Waals surface area contributed by atoms with Gasteiger partial charge in [0.15, 0.2) is 22.3 Å². The number of esters is 1. The molecular formula is C20H18F4N2O9S2. The summed E-state index contributed by atoms with van der Waals surface area (Å²) in [7, 11) is -10.6. The number of carbonyl (C=O) groups is 2. The van der Waals surface area contributed by atoms with Crippen LogP contribution in [0.1, 0.15) is 0 Å². The summed E-state index contributed by atoms with van der Waals surface area (Å²) in [6.07, 6.45) is -0.172. The fourth-order valence-corrected chi connectivity index (χ4v) is 5.52. The number of hydrogen-bond donors (Lipinski definition) is 2. The largest absolute Gasteiger partial charge is 0.484 e. The van der Waals surface area contributed by atoms with Crippen LogP contribution in [0.25, 0.3) is 0 Å². The van der Waals surface area contributed by atoms with Crippen LogP contribution in [0.4, 0.5) is 22.4 Å². The first-order valence-electron chi connectivity index (χ1n) is 9.84. The fourth-order valence-electron chi connectivity index (χ4n) is 2.48. The van der Waals surface area contributed by atoms with Crippen molar-refractivity contribution in [3.05, 3.63) is 66.3 Å². The Morgan fingerprint density at radius 2 is 1.43 bits per heavy atom. The summed E-state index contributed by atoms with van der Waals surface area (Å²) in [6, 6.07) is 5.77. The zero-order chi connectivity index (χ0) is 27.8. The minimum atomic E-state index is -5.68. The van der Waals surface area contributed by atoms with E-state index in [9.17, 15) is 44.0 Å². The van der Waals surface area contributed by atoms with Gasteiger partial charge in [-0.05, 0) is 12.1 Å². The van der Waals surface area contributed by atoms with E-state index in [-0.39, 0.29) is 13.2 Å². The Kier molecular flexibility index (Phi) is 9.98. The maximum Gasteiger partial charge on any atom is 0.407 e. The van der Waals surface area contributed by atoms with E-state index in [1.807, 2.05) is 0 Å². The molecule has 0 radical (unpaired) electrons. The maximum absolute atomic E-state index is 14.5. The summed E-state index contributed by atoms with van der Waals surface area (Å²) in [5.74, 6) is -11.9. The highest BCUT2D eigenvalue weighted by Crippen LogP contribution is 2.33. The van der Waals surface area contributed by atoms with E-state index in [2.05, 4.69) is 26.1 Å². The molecule has 0 aliphatic rings. The molecule has 2 rings (SSSR count). The zero-order valence-electron chi connectivity index (χ0n) is 18.5. The number of amides is 1. The zero-order valence-corrected chi connectivity index (χ0v) is 20.1. The molecule has 17 heteroatoms. The predicted octanol–water partition coefficient (Wildman–Crippen LogP) is 1.74. The molecule has 0 heterocycles. The molecule has 0 aliphatic heterocycles. The first kappa shape index (κ1) is 29.5. The highest BCUT2D eigenvalue weighted by Gasteiger charge is 2.36. The lowest BCUT2D eigenvalue weighted by Crippen LogP contribution is -2.32. The monoisotopic (exact) mass is 570 g/mol. The molecule has 0 saturated carbocycles. The minimum absolute atomic E-state index is 0.164. The highest BCUT2D eigenvalue weighted by molar-refractivity contribution is 8.04. The predicted molar refractivity (Wildman–Crippen MR) is 116 cm³/mol. The van der Waals surface area contributed by atoms with E-state index >= 15 is 0 Å². The average molecular weight is 570 g/mol. The van der Waals surface area contributed by atoms with Crippen LogP contribution < -0.4 is 14.2 Å². The number of nitrogens with one attached hydrogen (secondary N) is 2. The van der Waals surface area contributed by atoms with E-state index in [0.29, 0.717) is 0 Å². The lowest BCUT2D eigenvalue weighted by molar-refractivity contribution is -0.137. The van der Waals surface area contributed by atoms with Crippen LogP contribution in [0.5, 0.6) is 5.75 Å². The van der Waals surface area contributed by atoms with Crippen LogP contribution in [-0.4, -0.2) is 55.3 Å². The molecule has 0 atom stereocenters. The van der Waals surface area contributed by atoms with E-state index in [4.69, 9.17) is 0 Å². The van der Waals surface area contributed by atoms with Crippen LogP contribution >= 0.6 is 0 Å². The molecule has 37 heavy (non-hydrogen) atoms. The van der Waals surface area contributed by atoms with E-state index in [1.54, 1.807) is 0 Å². The molecular weight excluding hydrogens is 552 g/mol. The van der Waals surface area contributed by atoms with Gasteiger partial charge >= 0.3 is 12.1 Å². The molecule has 0 spiro atoms. The van der Waals surface area contributed by atoms with Gasteiger partial charge in [-0.2, -0.15) is 8.78 Å². The molecule has 0 aliphatic carbocycles. The van der Waals surface area contributed by atoms with Gasteiger partial charge in [-0.15, -0.1) is 4.13 Å². The molecule has 2 aromatic carbocycles. The Balaban J connectivity index is 2.09. The SMILES string of the molecule is C=CC(=O)OCCNC(=O)OCCOc1c(F)c(F)c(S(=O)(=O)NS(=O)(=O)c2ccccc2)c(F)c1F. The third kappa shape index (κ3) is 7.64. The normalized spacial score (nSPS) is 11.5. The Morgan fingerprint density at radius 1 is 0.838 bits per heavy atom. The smallest absolute Gasteiger partial charge is 0.407 e. The van der Waals surface area contributed by atoms with Crippen molar-refractivity contribution < 1.29 is 58.2 Å². The van der Waals surface area contributed by atoms with Crippen molar-refractivity contribution in [2.75, 3.05) is 26.4 Å². The maximum atomic E-state index is 14.5. The van der Waals surface area contributed by atoms with Gasteiger partial charge in [-0.1, -0.05) is 24.8 Å². The van der Waals surface area contributed by atoms with Crippen molar-refractivity contribution in [3.8, 4) is 5.75 Å². The Bertz CT molecular complexity index is 1360. The van der Waals surface area contributed by atoms with Crippen LogP contribution in [0.2, 0.25) is 0 Å². The second-order valence-electron chi connectivity index (χ2n) is 6.60. The molecule has 0 fully saturated rings. The Morgan fingerprint density at radius 3 is 2.00 bits per heavy atom. The van der Waals surface area contributed by atoms with Crippen molar-refractivity contribution in [1.29, 1.82) is 0 Å². The number of ether oxygens (including phenoxy) is 3. The van der Waals surface area contributed by atoms with Crippen molar-refractivity contribution in [2.24, 2.45) is 0 Å². The van der Waals surface area contributed by atoms with Gasteiger partial charge < -0.3 is 19.5 Å². The summed E-state index contributed by atoms with van der Waals surface area (Å²) >= 11 is 0. The number of halogens is 4.